The molecule has 124 valence electrons. The lowest BCUT2D eigenvalue weighted by atomic mass is 10.0. The van der Waals surface area contributed by atoms with E-state index < -0.39 is 0 Å². The number of pyridine rings is 1. The molecule has 0 amide bonds. The predicted molar refractivity (Wildman–Crippen MR) is 94.4 cm³/mol. The van der Waals surface area contributed by atoms with Gasteiger partial charge < -0.3 is 4.74 Å². The van der Waals surface area contributed by atoms with Gasteiger partial charge in [0, 0.05) is 16.8 Å². The number of fused-ring (bicyclic) bond motifs is 1. The van der Waals surface area contributed by atoms with Crippen LogP contribution in [0.25, 0.3) is 16.8 Å². The van der Waals surface area contributed by atoms with Crippen molar-refractivity contribution in [3.63, 3.8) is 0 Å². The highest BCUT2D eigenvalue weighted by Crippen LogP contribution is 2.25. The summed E-state index contributed by atoms with van der Waals surface area (Å²) in [6.07, 6.45) is 6.92. The fourth-order valence-corrected chi connectivity index (χ4v) is 3.01. The number of benzene rings is 1. The van der Waals surface area contributed by atoms with E-state index in [4.69, 9.17) is 4.74 Å². The second-order valence-corrected chi connectivity index (χ2v) is 5.71. The summed E-state index contributed by atoms with van der Waals surface area (Å²) < 4.78 is 7.47. The van der Waals surface area contributed by atoms with E-state index in [1.165, 1.54) is 5.56 Å². The summed E-state index contributed by atoms with van der Waals surface area (Å²) in [6.45, 7) is 0. The van der Waals surface area contributed by atoms with E-state index in [1.807, 2.05) is 28.7 Å². The van der Waals surface area contributed by atoms with E-state index in [2.05, 4.69) is 38.6 Å². The first-order chi connectivity index (χ1) is 12.4. The quantitative estimate of drug-likeness (QED) is 0.562. The molecule has 0 aliphatic heterocycles. The molecule has 0 atom stereocenters. The Balaban J connectivity index is 1.67. The molecule has 0 fully saturated rings. The summed E-state index contributed by atoms with van der Waals surface area (Å²) in [4.78, 5) is 0. The van der Waals surface area contributed by atoms with E-state index in [0.717, 1.165) is 41.1 Å². The van der Waals surface area contributed by atoms with Crippen molar-refractivity contribution in [2.75, 3.05) is 7.11 Å². The Bertz CT molecular complexity index is 997. The van der Waals surface area contributed by atoms with Crippen molar-refractivity contribution in [1.29, 1.82) is 0 Å². The number of hydrogen-bond donors (Lipinski definition) is 0. The lowest BCUT2D eigenvalue weighted by Crippen LogP contribution is -2.01. The van der Waals surface area contributed by atoms with Crippen LogP contribution in [-0.4, -0.2) is 31.9 Å². The smallest absolute Gasteiger partial charge is 0.168 e. The van der Waals surface area contributed by atoms with Gasteiger partial charge in [-0.2, -0.15) is 10.2 Å². The van der Waals surface area contributed by atoms with Crippen LogP contribution in [0.1, 0.15) is 11.3 Å². The van der Waals surface area contributed by atoms with Crippen LogP contribution in [0.15, 0.2) is 61.2 Å². The van der Waals surface area contributed by atoms with E-state index >= 15 is 0 Å². The van der Waals surface area contributed by atoms with Crippen LogP contribution >= 0.6 is 0 Å². The fourth-order valence-electron chi connectivity index (χ4n) is 3.01. The van der Waals surface area contributed by atoms with Crippen molar-refractivity contribution in [2.24, 2.45) is 0 Å². The summed E-state index contributed by atoms with van der Waals surface area (Å²) in [5.74, 6) is 0.919. The van der Waals surface area contributed by atoms with Crippen LogP contribution in [0.2, 0.25) is 0 Å². The molecule has 0 N–H and O–H groups in total. The molecule has 0 unspecified atom stereocenters. The van der Waals surface area contributed by atoms with Crippen molar-refractivity contribution in [2.45, 2.75) is 12.8 Å². The molecule has 6 nitrogen and oxygen atoms in total. The minimum absolute atomic E-state index is 0.825. The normalized spacial score (nSPS) is 10.9. The summed E-state index contributed by atoms with van der Waals surface area (Å²) in [6, 6.07) is 14.2. The monoisotopic (exact) mass is 331 g/mol. The molecule has 0 spiro atoms. The molecule has 6 heteroatoms. The first kappa shape index (κ1) is 15.3. The highest BCUT2D eigenvalue weighted by atomic mass is 16.5. The molecule has 0 saturated carbocycles. The number of ether oxygens (including phenoxy) is 1. The van der Waals surface area contributed by atoms with Crippen molar-refractivity contribution in [1.82, 2.24) is 24.8 Å². The standard InChI is InChI=1S/C19H17N5O/c1-25-18-5-3-2-4-14(18)6-7-16-8-9-17(15-10-11-20-21-12-15)19-23-22-13-24(16)19/h2-5,8-13H,6-7H2,1H3. The van der Waals surface area contributed by atoms with Crippen LogP contribution in [0, 0.1) is 0 Å². The molecule has 3 heterocycles. The zero-order valence-electron chi connectivity index (χ0n) is 13.8. The van der Waals surface area contributed by atoms with Crippen LogP contribution in [0.3, 0.4) is 0 Å². The second kappa shape index (κ2) is 6.68. The minimum Gasteiger partial charge on any atom is -0.496 e. The maximum absolute atomic E-state index is 5.44. The molecule has 4 aromatic rings. The van der Waals surface area contributed by atoms with Crippen molar-refractivity contribution >= 4 is 5.65 Å². The maximum Gasteiger partial charge on any atom is 0.168 e. The maximum atomic E-state index is 5.44. The summed E-state index contributed by atoms with van der Waals surface area (Å²) in [7, 11) is 1.70. The largest absolute Gasteiger partial charge is 0.496 e. The number of aryl methyl sites for hydroxylation is 2. The Morgan fingerprint density at radius 2 is 1.88 bits per heavy atom. The molecule has 4 rings (SSSR count). The minimum atomic E-state index is 0.825. The molecule has 3 aromatic heterocycles. The number of para-hydroxylation sites is 1. The molecular formula is C19H17N5O. The van der Waals surface area contributed by atoms with Gasteiger partial charge in [-0.1, -0.05) is 18.2 Å². The molecule has 0 bridgehead atoms. The van der Waals surface area contributed by atoms with E-state index in [-0.39, 0.29) is 0 Å². The van der Waals surface area contributed by atoms with Crippen LogP contribution in [0.5, 0.6) is 5.75 Å². The average Bonchev–Trinajstić information content (AvgIpc) is 3.17. The Morgan fingerprint density at radius 1 is 0.960 bits per heavy atom. The number of hydrogen-bond acceptors (Lipinski definition) is 5. The van der Waals surface area contributed by atoms with Gasteiger partial charge in [0.25, 0.3) is 0 Å². The topological polar surface area (TPSA) is 65.2 Å². The third-order valence-corrected chi connectivity index (χ3v) is 4.28. The second-order valence-electron chi connectivity index (χ2n) is 5.71. The molecule has 0 saturated heterocycles. The van der Waals surface area contributed by atoms with Crippen LogP contribution in [-0.2, 0) is 12.8 Å². The van der Waals surface area contributed by atoms with E-state index in [1.54, 1.807) is 25.8 Å². The molecule has 25 heavy (non-hydrogen) atoms. The highest BCUT2D eigenvalue weighted by Gasteiger charge is 2.11. The lowest BCUT2D eigenvalue weighted by Gasteiger charge is -2.10. The Labute approximate surface area is 145 Å². The first-order valence-electron chi connectivity index (χ1n) is 8.07. The molecule has 0 aliphatic carbocycles. The van der Waals surface area contributed by atoms with Gasteiger partial charge in [-0.25, -0.2) is 0 Å². The fraction of sp³-hybridized carbons (Fsp3) is 0.158. The Hall–Kier alpha value is -3.28. The summed E-state index contributed by atoms with van der Waals surface area (Å²) in [5.41, 5.74) is 5.13. The van der Waals surface area contributed by atoms with Crippen LogP contribution < -0.4 is 4.74 Å². The Morgan fingerprint density at radius 3 is 2.72 bits per heavy atom. The lowest BCUT2D eigenvalue weighted by molar-refractivity contribution is 0.409. The highest BCUT2D eigenvalue weighted by molar-refractivity contribution is 5.76. The summed E-state index contributed by atoms with van der Waals surface area (Å²) in [5, 5.41) is 16.2. The SMILES string of the molecule is COc1ccccc1CCc1ccc(-c2ccnnc2)c2nncn12. The van der Waals surface area contributed by atoms with Gasteiger partial charge in [-0.15, -0.1) is 10.2 Å². The van der Waals surface area contributed by atoms with Gasteiger partial charge in [0.15, 0.2) is 5.65 Å². The van der Waals surface area contributed by atoms with Crippen molar-refractivity contribution in [3.8, 4) is 16.9 Å². The number of methoxy groups -OCH3 is 1. The van der Waals surface area contributed by atoms with Gasteiger partial charge in [0.2, 0.25) is 0 Å². The zero-order chi connectivity index (χ0) is 17.1. The number of nitrogens with zero attached hydrogens (tertiary/aromatic N) is 5. The molecule has 0 radical (unpaired) electrons. The summed E-state index contributed by atoms with van der Waals surface area (Å²) >= 11 is 0. The number of aromatic nitrogens is 5. The first-order valence-corrected chi connectivity index (χ1v) is 8.07. The third-order valence-electron chi connectivity index (χ3n) is 4.28. The third kappa shape index (κ3) is 2.94. The van der Waals surface area contributed by atoms with Gasteiger partial charge in [0.1, 0.15) is 12.1 Å². The number of rotatable bonds is 5. The van der Waals surface area contributed by atoms with Crippen molar-refractivity contribution in [3.05, 3.63) is 72.4 Å². The molecule has 1 aromatic carbocycles. The predicted octanol–water partition coefficient (Wildman–Crippen LogP) is 2.98. The van der Waals surface area contributed by atoms with Gasteiger partial charge in [-0.05, 0) is 42.7 Å². The average molecular weight is 331 g/mol. The van der Waals surface area contributed by atoms with Crippen LogP contribution in [0.4, 0.5) is 0 Å². The van der Waals surface area contributed by atoms with Crippen molar-refractivity contribution < 1.29 is 4.74 Å². The van der Waals surface area contributed by atoms with E-state index in [0.29, 0.717) is 0 Å². The molecule has 0 aliphatic rings. The molecular weight excluding hydrogens is 314 g/mol. The van der Waals surface area contributed by atoms with Gasteiger partial charge >= 0.3 is 0 Å². The van der Waals surface area contributed by atoms with Gasteiger partial charge in [-0.3, -0.25) is 4.40 Å². The van der Waals surface area contributed by atoms with E-state index in [9.17, 15) is 0 Å². The zero-order valence-corrected chi connectivity index (χ0v) is 13.8. The van der Waals surface area contributed by atoms with Gasteiger partial charge in [0.05, 0.1) is 19.5 Å². The Kier molecular flexibility index (Phi) is 4.08.